The third-order valence-electron chi connectivity index (χ3n) is 2.30. The second-order valence-electron chi connectivity index (χ2n) is 3.52. The molecule has 6 nitrogen and oxygen atoms in total. The van der Waals surface area contributed by atoms with Gasteiger partial charge in [-0.15, -0.1) is 5.10 Å². The molecule has 6 heteroatoms. The summed E-state index contributed by atoms with van der Waals surface area (Å²) in [6.07, 6.45) is 0. The van der Waals surface area contributed by atoms with Crippen LogP contribution in [0.4, 0.5) is 0 Å². The number of nitrogens with one attached hydrogen (secondary N) is 1. The fourth-order valence-corrected chi connectivity index (χ4v) is 1.52. The van der Waals surface area contributed by atoms with E-state index >= 15 is 0 Å². The molecule has 0 aliphatic heterocycles. The van der Waals surface area contributed by atoms with Crippen LogP contribution in [-0.2, 0) is 11.3 Å². The van der Waals surface area contributed by atoms with E-state index in [0.717, 1.165) is 4.68 Å². The Bertz CT molecular complexity index is 606. The minimum atomic E-state index is -0.304. The standard InChI is InChI=1S/C11H12N4O2/c1-2-12-10(16)7-15-11(17)8-5-3-4-6-9(8)13-14-15/h3-6H,2,7H2,1H3,(H,12,16). The smallest absolute Gasteiger partial charge is 0.278 e. The van der Waals surface area contributed by atoms with Crippen LogP contribution in [0.1, 0.15) is 6.92 Å². The number of aromatic nitrogens is 3. The van der Waals surface area contributed by atoms with E-state index in [-0.39, 0.29) is 18.0 Å². The molecule has 1 amide bonds. The highest BCUT2D eigenvalue weighted by Crippen LogP contribution is 2.02. The predicted molar refractivity (Wildman–Crippen MR) is 62.5 cm³/mol. The average molecular weight is 232 g/mol. The van der Waals surface area contributed by atoms with Crippen molar-refractivity contribution in [2.75, 3.05) is 6.54 Å². The van der Waals surface area contributed by atoms with Crippen molar-refractivity contribution in [2.45, 2.75) is 13.5 Å². The SMILES string of the molecule is CCNC(=O)Cn1nnc2ccccc2c1=O. The normalized spacial score (nSPS) is 10.4. The van der Waals surface area contributed by atoms with Gasteiger partial charge in [0.1, 0.15) is 12.1 Å². The van der Waals surface area contributed by atoms with Crippen molar-refractivity contribution in [1.29, 1.82) is 0 Å². The molecule has 17 heavy (non-hydrogen) atoms. The summed E-state index contributed by atoms with van der Waals surface area (Å²) in [7, 11) is 0. The Balaban J connectivity index is 2.39. The molecule has 88 valence electrons. The third kappa shape index (κ3) is 2.30. The summed E-state index contributed by atoms with van der Waals surface area (Å²) in [5, 5.41) is 10.7. The second kappa shape index (κ2) is 4.73. The van der Waals surface area contributed by atoms with Crippen molar-refractivity contribution in [3.8, 4) is 0 Å². The topological polar surface area (TPSA) is 76.9 Å². The number of likely N-dealkylation sites (N-methyl/N-ethyl adjacent to an activating group) is 1. The Morgan fingerprint density at radius 3 is 2.94 bits per heavy atom. The number of carbonyl (C=O) groups is 1. The summed E-state index contributed by atoms with van der Waals surface area (Å²) in [6, 6.07) is 6.91. The minimum absolute atomic E-state index is 0.107. The zero-order chi connectivity index (χ0) is 12.3. The third-order valence-corrected chi connectivity index (χ3v) is 2.30. The lowest BCUT2D eigenvalue weighted by atomic mass is 10.2. The first-order chi connectivity index (χ1) is 8.22. The molecule has 0 radical (unpaired) electrons. The number of fused-ring (bicyclic) bond motifs is 1. The lowest BCUT2D eigenvalue weighted by Gasteiger charge is -2.04. The highest BCUT2D eigenvalue weighted by atomic mass is 16.2. The van der Waals surface area contributed by atoms with Gasteiger partial charge in [0.15, 0.2) is 0 Å². The van der Waals surface area contributed by atoms with Crippen LogP contribution in [0.3, 0.4) is 0 Å². The van der Waals surface area contributed by atoms with Crippen LogP contribution in [0.2, 0.25) is 0 Å². The maximum absolute atomic E-state index is 11.9. The number of rotatable bonds is 3. The van der Waals surface area contributed by atoms with Crippen molar-refractivity contribution in [2.24, 2.45) is 0 Å². The zero-order valence-corrected chi connectivity index (χ0v) is 9.38. The van der Waals surface area contributed by atoms with Crippen molar-refractivity contribution in [3.05, 3.63) is 34.6 Å². The molecule has 0 aliphatic carbocycles. The van der Waals surface area contributed by atoms with E-state index in [1.807, 2.05) is 6.92 Å². The minimum Gasteiger partial charge on any atom is -0.355 e. The van der Waals surface area contributed by atoms with E-state index in [1.165, 1.54) is 0 Å². The van der Waals surface area contributed by atoms with Gasteiger partial charge in [0.05, 0.1) is 5.39 Å². The number of carbonyl (C=O) groups excluding carboxylic acids is 1. The van der Waals surface area contributed by atoms with Crippen LogP contribution in [-0.4, -0.2) is 27.4 Å². The van der Waals surface area contributed by atoms with Crippen LogP contribution in [0.5, 0.6) is 0 Å². The van der Waals surface area contributed by atoms with Gasteiger partial charge in [-0.1, -0.05) is 17.3 Å². The largest absolute Gasteiger partial charge is 0.355 e. The predicted octanol–water partition coefficient (Wildman–Crippen LogP) is -0.0724. The molecule has 2 aromatic rings. The fourth-order valence-electron chi connectivity index (χ4n) is 1.52. The highest BCUT2D eigenvalue weighted by molar-refractivity contribution is 5.78. The van der Waals surface area contributed by atoms with E-state index in [9.17, 15) is 9.59 Å². The molecular weight excluding hydrogens is 220 g/mol. The molecule has 0 atom stereocenters. The van der Waals surface area contributed by atoms with Crippen molar-refractivity contribution in [1.82, 2.24) is 20.3 Å². The second-order valence-corrected chi connectivity index (χ2v) is 3.52. The van der Waals surface area contributed by atoms with Gasteiger partial charge in [-0.3, -0.25) is 9.59 Å². The van der Waals surface area contributed by atoms with Gasteiger partial charge in [-0.2, -0.15) is 0 Å². The molecule has 1 aromatic heterocycles. The molecule has 0 saturated carbocycles. The summed E-state index contributed by atoms with van der Waals surface area (Å²) in [5.41, 5.74) is 0.228. The summed E-state index contributed by atoms with van der Waals surface area (Å²) in [6.45, 7) is 2.23. The Morgan fingerprint density at radius 2 is 2.18 bits per heavy atom. The van der Waals surface area contributed by atoms with E-state index in [0.29, 0.717) is 17.4 Å². The Morgan fingerprint density at radius 1 is 1.41 bits per heavy atom. The zero-order valence-electron chi connectivity index (χ0n) is 9.38. The van der Waals surface area contributed by atoms with Crippen LogP contribution in [0, 0.1) is 0 Å². The maximum Gasteiger partial charge on any atom is 0.278 e. The van der Waals surface area contributed by atoms with Gasteiger partial charge in [-0.25, -0.2) is 4.68 Å². The van der Waals surface area contributed by atoms with E-state index in [4.69, 9.17) is 0 Å². The summed E-state index contributed by atoms with van der Waals surface area (Å²) in [4.78, 5) is 23.3. The van der Waals surface area contributed by atoms with Crippen LogP contribution in [0.25, 0.3) is 10.9 Å². The number of benzene rings is 1. The lowest BCUT2D eigenvalue weighted by Crippen LogP contribution is -2.34. The highest BCUT2D eigenvalue weighted by Gasteiger charge is 2.07. The first-order valence-corrected chi connectivity index (χ1v) is 5.31. The number of hydrogen-bond acceptors (Lipinski definition) is 4. The Hall–Kier alpha value is -2.24. The van der Waals surface area contributed by atoms with Gasteiger partial charge in [-0.05, 0) is 19.1 Å². The molecule has 0 spiro atoms. The number of amides is 1. The van der Waals surface area contributed by atoms with Crippen LogP contribution < -0.4 is 10.9 Å². The molecule has 1 heterocycles. The molecular formula is C11H12N4O2. The van der Waals surface area contributed by atoms with Crippen LogP contribution in [0.15, 0.2) is 29.1 Å². The van der Waals surface area contributed by atoms with Gasteiger partial charge >= 0.3 is 0 Å². The monoisotopic (exact) mass is 232 g/mol. The van der Waals surface area contributed by atoms with Gasteiger partial charge in [0.25, 0.3) is 5.56 Å². The summed E-state index contributed by atoms with van der Waals surface area (Å²) in [5.74, 6) is -0.251. The Kier molecular flexibility index (Phi) is 3.13. The van der Waals surface area contributed by atoms with Gasteiger partial charge < -0.3 is 5.32 Å². The molecule has 0 saturated heterocycles. The van der Waals surface area contributed by atoms with Gasteiger partial charge in [0, 0.05) is 6.54 Å². The molecule has 0 fully saturated rings. The van der Waals surface area contributed by atoms with Crippen molar-refractivity contribution < 1.29 is 4.79 Å². The lowest BCUT2D eigenvalue weighted by molar-refractivity contribution is -0.121. The average Bonchev–Trinajstić information content (AvgIpc) is 2.33. The number of hydrogen-bond donors (Lipinski definition) is 1. The molecule has 1 aromatic carbocycles. The van der Waals surface area contributed by atoms with E-state index in [2.05, 4.69) is 15.6 Å². The van der Waals surface area contributed by atoms with Crippen LogP contribution >= 0.6 is 0 Å². The first-order valence-electron chi connectivity index (χ1n) is 5.31. The summed E-state index contributed by atoms with van der Waals surface area (Å²) >= 11 is 0. The molecule has 0 aliphatic rings. The maximum atomic E-state index is 11.9. The quantitative estimate of drug-likeness (QED) is 0.803. The number of nitrogens with zero attached hydrogens (tertiary/aromatic N) is 3. The first kappa shape index (κ1) is 11.3. The van der Waals surface area contributed by atoms with E-state index in [1.54, 1.807) is 24.3 Å². The van der Waals surface area contributed by atoms with Gasteiger partial charge in [0.2, 0.25) is 5.91 Å². The van der Waals surface area contributed by atoms with Crippen molar-refractivity contribution in [3.63, 3.8) is 0 Å². The van der Waals surface area contributed by atoms with E-state index < -0.39 is 0 Å². The molecule has 0 bridgehead atoms. The van der Waals surface area contributed by atoms with Crippen molar-refractivity contribution >= 4 is 16.8 Å². The summed E-state index contributed by atoms with van der Waals surface area (Å²) < 4.78 is 1.06. The Labute approximate surface area is 97.3 Å². The molecule has 1 N–H and O–H groups in total. The molecule has 0 unspecified atom stereocenters. The fraction of sp³-hybridized carbons (Fsp3) is 0.273. The molecule has 2 rings (SSSR count).